The zero-order chi connectivity index (χ0) is 19.7. The van der Waals surface area contributed by atoms with Gasteiger partial charge in [-0.1, -0.05) is 26.0 Å². The maximum Gasteiger partial charge on any atom is 0.408 e. The molecule has 146 valence electrons. The molecule has 0 saturated carbocycles. The number of hydrogen-bond donors (Lipinski definition) is 2. The number of nitrogens with zero attached hydrogens (tertiary/aromatic N) is 1. The number of carboxylic acid groups (broad SMARTS) is 1. The van der Waals surface area contributed by atoms with E-state index in [4.69, 9.17) is 9.47 Å². The molecule has 0 aromatic heterocycles. The summed E-state index contributed by atoms with van der Waals surface area (Å²) in [6, 6.07) is 5.47. The van der Waals surface area contributed by atoms with Gasteiger partial charge in [-0.05, 0) is 51.6 Å². The Bertz CT molecular complexity index is 577. The highest BCUT2D eigenvalue weighted by Gasteiger charge is 2.25. The third-order valence-corrected chi connectivity index (χ3v) is 3.69. The lowest BCUT2D eigenvalue weighted by Gasteiger charge is -2.22. The molecule has 1 atom stereocenters. The number of ether oxygens (including phenoxy) is 2. The minimum Gasteiger partial charge on any atom is -0.492 e. The van der Waals surface area contributed by atoms with Crippen molar-refractivity contribution in [2.24, 2.45) is 0 Å². The van der Waals surface area contributed by atoms with E-state index in [1.807, 2.05) is 0 Å². The van der Waals surface area contributed by atoms with Gasteiger partial charge in [0.05, 0.1) is 0 Å². The van der Waals surface area contributed by atoms with E-state index in [0.29, 0.717) is 17.9 Å². The lowest BCUT2D eigenvalue weighted by atomic mass is 10.1. The monoisotopic (exact) mass is 366 g/mol. The highest BCUT2D eigenvalue weighted by atomic mass is 16.6. The zero-order valence-electron chi connectivity index (χ0n) is 16.2. The first kappa shape index (κ1) is 21.8. The number of carboxylic acids is 1. The molecule has 0 heterocycles. The van der Waals surface area contributed by atoms with Gasteiger partial charge in [0.15, 0.2) is 6.04 Å². The highest BCUT2D eigenvalue weighted by Crippen LogP contribution is 2.19. The van der Waals surface area contributed by atoms with Crippen molar-refractivity contribution in [2.75, 3.05) is 26.2 Å². The van der Waals surface area contributed by atoms with Crippen LogP contribution in [0.1, 0.15) is 46.2 Å². The summed E-state index contributed by atoms with van der Waals surface area (Å²) in [5, 5.41) is 11.8. The number of carbonyl (C=O) groups excluding carboxylic acids is 1. The average molecular weight is 366 g/mol. The summed E-state index contributed by atoms with van der Waals surface area (Å²) in [7, 11) is 0. The van der Waals surface area contributed by atoms with E-state index in [1.54, 1.807) is 45.0 Å². The van der Waals surface area contributed by atoms with Crippen LogP contribution in [0.15, 0.2) is 24.3 Å². The van der Waals surface area contributed by atoms with Gasteiger partial charge in [0.2, 0.25) is 0 Å². The summed E-state index contributed by atoms with van der Waals surface area (Å²) in [4.78, 5) is 25.6. The minimum atomic E-state index is -1.19. The van der Waals surface area contributed by atoms with Gasteiger partial charge in [-0.2, -0.15) is 0 Å². The van der Waals surface area contributed by atoms with Gasteiger partial charge in [-0.15, -0.1) is 0 Å². The van der Waals surface area contributed by atoms with Crippen LogP contribution >= 0.6 is 0 Å². The van der Waals surface area contributed by atoms with Crippen molar-refractivity contribution < 1.29 is 24.2 Å². The summed E-state index contributed by atoms with van der Waals surface area (Å²) in [5.74, 6) is -0.506. The summed E-state index contributed by atoms with van der Waals surface area (Å²) in [5.41, 5.74) is -0.255. The molecule has 0 radical (unpaired) electrons. The van der Waals surface area contributed by atoms with Crippen LogP contribution < -0.4 is 10.1 Å². The van der Waals surface area contributed by atoms with E-state index in [0.717, 1.165) is 19.6 Å². The number of nitrogens with one attached hydrogen (secondary N) is 1. The van der Waals surface area contributed by atoms with Crippen LogP contribution in [-0.2, 0) is 9.53 Å². The van der Waals surface area contributed by atoms with Crippen LogP contribution in [0.2, 0.25) is 0 Å². The molecule has 1 aromatic rings. The largest absolute Gasteiger partial charge is 0.492 e. The fourth-order valence-corrected chi connectivity index (χ4v) is 2.30. The fraction of sp³-hybridized carbons (Fsp3) is 0.579. The second-order valence-electron chi connectivity index (χ2n) is 6.86. The summed E-state index contributed by atoms with van der Waals surface area (Å²) < 4.78 is 10.8. The van der Waals surface area contributed by atoms with Gasteiger partial charge >= 0.3 is 12.1 Å². The van der Waals surface area contributed by atoms with Gasteiger partial charge < -0.3 is 24.8 Å². The van der Waals surface area contributed by atoms with Crippen LogP contribution in [0.4, 0.5) is 4.79 Å². The topological polar surface area (TPSA) is 88.1 Å². The maximum absolute atomic E-state index is 11.8. The molecule has 0 aliphatic heterocycles. The first-order valence-electron chi connectivity index (χ1n) is 8.83. The predicted molar refractivity (Wildman–Crippen MR) is 99.5 cm³/mol. The minimum absolute atomic E-state index is 0.444. The first-order valence-corrected chi connectivity index (χ1v) is 8.83. The van der Waals surface area contributed by atoms with E-state index in [1.165, 1.54) is 0 Å². The second kappa shape index (κ2) is 10.0. The van der Waals surface area contributed by atoms with Crippen molar-refractivity contribution in [1.82, 2.24) is 10.2 Å². The molecule has 1 amide bonds. The van der Waals surface area contributed by atoms with Crippen LogP contribution in [-0.4, -0.2) is 53.9 Å². The Kier molecular flexibility index (Phi) is 8.38. The predicted octanol–water partition coefficient (Wildman–Crippen LogP) is 3.06. The summed E-state index contributed by atoms with van der Waals surface area (Å²) in [6.45, 7) is 12.7. The molecule has 0 unspecified atom stereocenters. The van der Waals surface area contributed by atoms with E-state index in [2.05, 4.69) is 24.1 Å². The van der Waals surface area contributed by atoms with Crippen molar-refractivity contribution in [2.45, 2.75) is 46.3 Å². The fourth-order valence-electron chi connectivity index (χ4n) is 2.30. The Morgan fingerprint density at radius 1 is 1.15 bits per heavy atom. The number of benzene rings is 1. The smallest absolute Gasteiger partial charge is 0.408 e. The Morgan fingerprint density at radius 3 is 2.19 bits per heavy atom. The Hall–Kier alpha value is -2.28. The molecule has 0 aliphatic carbocycles. The molecule has 0 bridgehead atoms. The van der Waals surface area contributed by atoms with Crippen molar-refractivity contribution in [3.05, 3.63) is 29.8 Å². The maximum atomic E-state index is 11.8. The van der Waals surface area contributed by atoms with E-state index in [9.17, 15) is 14.7 Å². The molecular formula is C19H30N2O5. The molecule has 2 N–H and O–H groups in total. The summed E-state index contributed by atoms with van der Waals surface area (Å²) >= 11 is 0. The molecule has 7 nitrogen and oxygen atoms in total. The van der Waals surface area contributed by atoms with Crippen molar-refractivity contribution in [3.63, 3.8) is 0 Å². The lowest BCUT2D eigenvalue weighted by molar-refractivity contribution is -0.139. The van der Waals surface area contributed by atoms with Crippen molar-refractivity contribution in [1.29, 1.82) is 0 Å². The number of aliphatic carboxylic acids is 1. The van der Waals surface area contributed by atoms with Gasteiger partial charge in [0, 0.05) is 6.54 Å². The summed E-state index contributed by atoms with van der Waals surface area (Å²) in [6.07, 6.45) is -0.774. The molecular weight excluding hydrogens is 336 g/mol. The van der Waals surface area contributed by atoms with Gasteiger partial charge in [-0.3, -0.25) is 0 Å². The van der Waals surface area contributed by atoms with E-state index in [-0.39, 0.29) is 0 Å². The second-order valence-corrected chi connectivity index (χ2v) is 6.86. The number of likely N-dealkylation sites (N-methyl/N-ethyl adjacent to an activating group) is 1. The van der Waals surface area contributed by atoms with Crippen molar-refractivity contribution in [3.8, 4) is 5.75 Å². The normalized spacial score (nSPS) is 12.5. The first-order chi connectivity index (χ1) is 12.2. The molecule has 26 heavy (non-hydrogen) atoms. The van der Waals surface area contributed by atoms with Gasteiger partial charge in [0.25, 0.3) is 0 Å². The Morgan fingerprint density at radius 2 is 1.73 bits per heavy atom. The zero-order valence-corrected chi connectivity index (χ0v) is 16.2. The molecule has 0 saturated heterocycles. The Balaban J connectivity index is 2.67. The number of hydrogen-bond acceptors (Lipinski definition) is 5. The van der Waals surface area contributed by atoms with Gasteiger partial charge in [-0.25, -0.2) is 9.59 Å². The third-order valence-electron chi connectivity index (χ3n) is 3.69. The standard InChI is InChI=1S/C19H30N2O5/c1-6-21(7-2)12-13-25-15-10-8-14(9-11-15)16(17(22)23)20-18(24)26-19(3,4)5/h8-11,16H,6-7,12-13H2,1-5H3,(H,20,24)(H,22,23)/t16-/m1/s1. The molecule has 0 fully saturated rings. The van der Waals surface area contributed by atoms with Gasteiger partial charge in [0.1, 0.15) is 18.0 Å². The Labute approximate surface area is 155 Å². The number of alkyl carbamates (subject to hydrolysis) is 1. The third kappa shape index (κ3) is 7.74. The van der Waals surface area contributed by atoms with Crippen LogP contribution in [0.5, 0.6) is 5.75 Å². The van der Waals surface area contributed by atoms with Crippen LogP contribution in [0, 0.1) is 0 Å². The van der Waals surface area contributed by atoms with E-state index < -0.39 is 23.7 Å². The van der Waals surface area contributed by atoms with Crippen molar-refractivity contribution >= 4 is 12.1 Å². The van der Waals surface area contributed by atoms with Crippen LogP contribution in [0.25, 0.3) is 0 Å². The molecule has 0 spiro atoms. The molecule has 1 aromatic carbocycles. The number of amides is 1. The quantitative estimate of drug-likeness (QED) is 0.698. The highest BCUT2D eigenvalue weighted by molar-refractivity contribution is 5.81. The lowest BCUT2D eigenvalue weighted by Crippen LogP contribution is -2.38. The SMILES string of the molecule is CCN(CC)CCOc1ccc([C@@H](NC(=O)OC(C)(C)C)C(=O)O)cc1. The number of rotatable bonds is 9. The molecule has 7 heteroatoms. The molecule has 1 rings (SSSR count). The van der Waals surface area contributed by atoms with E-state index >= 15 is 0 Å². The molecule has 0 aliphatic rings. The average Bonchev–Trinajstić information content (AvgIpc) is 2.55. The number of carbonyl (C=O) groups is 2. The van der Waals surface area contributed by atoms with Crippen LogP contribution in [0.3, 0.4) is 0 Å².